The molecule has 1 saturated heterocycles. The van der Waals surface area contributed by atoms with E-state index in [0.29, 0.717) is 0 Å². The van der Waals surface area contributed by atoms with Crippen molar-refractivity contribution in [3.8, 4) is 11.2 Å². The standard InChI is InChI=1S/C8H13NOS/c1-8(10,4-6-11)7-3-2-5-9-7/h7,9-11H,2-3,5H2,1H3/t7-,8+/m0/s1. The Kier molecular flexibility index (Phi) is 2.83. The zero-order valence-electron chi connectivity index (χ0n) is 6.59. The highest BCUT2D eigenvalue weighted by Crippen LogP contribution is 2.17. The lowest BCUT2D eigenvalue weighted by Gasteiger charge is -2.23. The molecule has 2 N–H and O–H groups in total. The van der Waals surface area contributed by atoms with Crippen molar-refractivity contribution in [2.24, 2.45) is 0 Å². The van der Waals surface area contributed by atoms with E-state index in [2.05, 4.69) is 29.1 Å². The van der Waals surface area contributed by atoms with E-state index in [1.807, 2.05) is 0 Å². The fraction of sp³-hybridized carbons (Fsp3) is 0.750. The molecule has 1 rings (SSSR count). The quantitative estimate of drug-likeness (QED) is 0.394. The first kappa shape index (κ1) is 8.92. The lowest BCUT2D eigenvalue weighted by atomic mass is 9.96. The van der Waals surface area contributed by atoms with E-state index in [9.17, 15) is 5.11 Å². The molecule has 1 aliphatic heterocycles. The van der Waals surface area contributed by atoms with Gasteiger partial charge in [-0.25, -0.2) is 0 Å². The largest absolute Gasteiger partial charge is 0.376 e. The van der Waals surface area contributed by atoms with Gasteiger partial charge in [0.05, 0.1) is 0 Å². The van der Waals surface area contributed by atoms with Crippen LogP contribution in [0.15, 0.2) is 0 Å². The Morgan fingerprint density at radius 2 is 2.45 bits per heavy atom. The molecule has 0 aromatic heterocycles. The molecule has 2 nitrogen and oxygen atoms in total. The highest BCUT2D eigenvalue weighted by molar-refractivity contribution is 7.85. The van der Waals surface area contributed by atoms with Crippen molar-refractivity contribution in [3.63, 3.8) is 0 Å². The van der Waals surface area contributed by atoms with Crippen LogP contribution >= 0.6 is 12.6 Å². The van der Waals surface area contributed by atoms with Crippen LogP contribution in [0.1, 0.15) is 19.8 Å². The molecule has 0 unspecified atom stereocenters. The Morgan fingerprint density at radius 3 is 2.91 bits per heavy atom. The monoisotopic (exact) mass is 171 g/mol. The number of aliphatic hydroxyl groups is 1. The molecule has 1 fully saturated rings. The van der Waals surface area contributed by atoms with Gasteiger partial charge in [0, 0.05) is 6.04 Å². The van der Waals surface area contributed by atoms with Crippen LogP contribution in [0.25, 0.3) is 0 Å². The van der Waals surface area contributed by atoms with E-state index in [1.54, 1.807) is 6.92 Å². The Morgan fingerprint density at radius 1 is 1.73 bits per heavy atom. The first-order chi connectivity index (χ1) is 5.17. The summed E-state index contributed by atoms with van der Waals surface area (Å²) in [5.74, 6) is 2.67. The van der Waals surface area contributed by atoms with Crippen LogP contribution in [0.4, 0.5) is 0 Å². The molecule has 3 heteroatoms. The fourth-order valence-electron chi connectivity index (χ4n) is 1.36. The van der Waals surface area contributed by atoms with E-state index in [-0.39, 0.29) is 6.04 Å². The van der Waals surface area contributed by atoms with E-state index in [0.717, 1.165) is 19.4 Å². The zero-order chi connectivity index (χ0) is 8.32. The van der Waals surface area contributed by atoms with Crippen molar-refractivity contribution in [3.05, 3.63) is 0 Å². The molecule has 0 radical (unpaired) electrons. The number of hydrogen-bond acceptors (Lipinski definition) is 3. The number of nitrogens with one attached hydrogen (secondary N) is 1. The topological polar surface area (TPSA) is 32.3 Å². The van der Waals surface area contributed by atoms with Gasteiger partial charge < -0.3 is 10.4 Å². The third-order valence-corrected chi connectivity index (χ3v) is 2.16. The van der Waals surface area contributed by atoms with E-state index in [4.69, 9.17) is 0 Å². The predicted octanol–water partition coefficient (Wildman–Crippen LogP) is 0.380. The van der Waals surface area contributed by atoms with Crippen LogP contribution in [-0.4, -0.2) is 23.3 Å². The summed E-state index contributed by atoms with van der Waals surface area (Å²) in [6.07, 6.45) is 2.12. The molecule has 62 valence electrons. The van der Waals surface area contributed by atoms with Crippen molar-refractivity contribution in [2.45, 2.75) is 31.4 Å². The molecule has 0 aromatic rings. The summed E-state index contributed by atoms with van der Waals surface area (Å²) in [4.78, 5) is 0. The van der Waals surface area contributed by atoms with Crippen LogP contribution < -0.4 is 5.32 Å². The van der Waals surface area contributed by atoms with E-state index >= 15 is 0 Å². The molecule has 1 aliphatic rings. The van der Waals surface area contributed by atoms with Crippen molar-refractivity contribution in [1.82, 2.24) is 5.32 Å². The lowest BCUT2D eigenvalue weighted by Crippen LogP contribution is -2.44. The van der Waals surface area contributed by atoms with Crippen LogP contribution in [0.2, 0.25) is 0 Å². The average molecular weight is 171 g/mol. The summed E-state index contributed by atoms with van der Waals surface area (Å²) in [5, 5.41) is 15.4. The van der Waals surface area contributed by atoms with Gasteiger partial charge in [-0.15, -0.1) is 0 Å². The number of rotatable bonds is 1. The maximum Gasteiger partial charge on any atom is 0.138 e. The smallest absolute Gasteiger partial charge is 0.138 e. The number of hydrogen-bond donors (Lipinski definition) is 3. The van der Waals surface area contributed by atoms with Gasteiger partial charge in [-0.3, -0.25) is 0 Å². The molecule has 0 spiro atoms. The van der Waals surface area contributed by atoms with Crippen LogP contribution in [0.5, 0.6) is 0 Å². The van der Waals surface area contributed by atoms with Crippen molar-refractivity contribution in [2.75, 3.05) is 6.54 Å². The van der Waals surface area contributed by atoms with Gasteiger partial charge in [-0.2, -0.15) is 0 Å². The minimum absolute atomic E-state index is 0.113. The summed E-state index contributed by atoms with van der Waals surface area (Å²) in [6, 6.07) is 0.113. The summed E-state index contributed by atoms with van der Waals surface area (Å²) in [7, 11) is 0. The maximum atomic E-state index is 9.73. The fourth-order valence-corrected chi connectivity index (χ4v) is 1.59. The van der Waals surface area contributed by atoms with Gasteiger partial charge in [0.15, 0.2) is 0 Å². The average Bonchev–Trinajstić information content (AvgIpc) is 2.37. The molecule has 0 aliphatic carbocycles. The minimum atomic E-state index is -0.918. The summed E-state index contributed by atoms with van der Waals surface area (Å²) < 4.78 is 0. The van der Waals surface area contributed by atoms with Crippen LogP contribution in [0, 0.1) is 11.2 Å². The highest BCUT2D eigenvalue weighted by Gasteiger charge is 2.31. The van der Waals surface area contributed by atoms with Gasteiger partial charge in [-0.05, 0) is 31.6 Å². The van der Waals surface area contributed by atoms with Gasteiger partial charge in [-0.1, -0.05) is 18.5 Å². The van der Waals surface area contributed by atoms with E-state index in [1.165, 1.54) is 0 Å². The van der Waals surface area contributed by atoms with Crippen LogP contribution in [0.3, 0.4) is 0 Å². The van der Waals surface area contributed by atoms with Crippen LogP contribution in [-0.2, 0) is 0 Å². The van der Waals surface area contributed by atoms with Gasteiger partial charge in [0.25, 0.3) is 0 Å². The summed E-state index contributed by atoms with van der Waals surface area (Å²) in [5.41, 5.74) is -0.918. The summed E-state index contributed by atoms with van der Waals surface area (Å²) in [6.45, 7) is 2.70. The second kappa shape index (κ2) is 3.48. The van der Waals surface area contributed by atoms with Gasteiger partial charge in [0.1, 0.15) is 5.60 Å². The zero-order valence-corrected chi connectivity index (χ0v) is 7.49. The first-order valence-corrected chi connectivity index (χ1v) is 4.23. The molecule has 0 aromatic carbocycles. The molecule has 2 atom stereocenters. The van der Waals surface area contributed by atoms with E-state index < -0.39 is 5.60 Å². The molecular weight excluding hydrogens is 158 g/mol. The summed E-state index contributed by atoms with van der Waals surface area (Å²) >= 11 is 3.76. The predicted molar refractivity (Wildman–Crippen MR) is 48.4 cm³/mol. The molecule has 11 heavy (non-hydrogen) atoms. The highest BCUT2D eigenvalue weighted by atomic mass is 32.1. The Hall–Kier alpha value is -0.170. The second-order valence-corrected chi connectivity index (χ2v) is 3.26. The van der Waals surface area contributed by atoms with Crippen molar-refractivity contribution >= 4 is 12.6 Å². The molecular formula is C8H13NOS. The molecule has 0 amide bonds. The molecule has 1 heterocycles. The number of thiol groups is 1. The van der Waals surface area contributed by atoms with Crippen molar-refractivity contribution in [1.29, 1.82) is 0 Å². The lowest BCUT2D eigenvalue weighted by molar-refractivity contribution is 0.0844. The Bertz CT molecular complexity index is 186. The third-order valence-electron chi connectivity index (χ3n) is 2.05. The van der Waals surface area contributed by atoms with Gasteiger partial charge in [0.2, 0.25) is 0 Å². The first-order valence-electron chi connectivity index (χ1n) is 3.79. The minimum Gasteiger partial charge on any atom is -0.376 e. The third kappa shape index (κ3) is 2.13. The normalized spacial score (nSPS) is 28.8. The van der Waals surface area contributed by atoms with Crippen molar-refractivity contribution < 1.29 is 5.11 Å². The Labute approximate surface area is 72.8 Å². The second-order valence-electron chi connectivity index (χ2n) is 3.03. The maximum absolute atomic E-state index is 9.73. The molecule has 0 saturated carbocycles. The molecule has 0 bridgehead atoms. The van der Waals surface area contributed by atoms with Gasteiger partial charge >= 0.3 is 0 Å². The SMILES string of the molecule is C[C@@](O)(C#CS)[C@@H]1CCCN1. The Balaban J connectivity index is 2.60.